The van der Waals surface area contributed by atoms with E-state index < -0.39 is 0 Å². The van der Waals surface area contributed by atoms with Crippen LogP contribution in [0.5, 0.6) is 0 Å². The van der Waals surface area contributed by atoms with Crippen LogP contribution in [0.2, 0.25) is 0 Å². The predicted octanol–water partition coefficient (Wildman–Crippen LogP) is 1.12. The number of hydrogen-bond donors (Lipinski definition) is 0. The Morgan fingerprint density at radius 2 is 2.00 bits per heavy atom. The van der Waals surface area contributed by atoms with Gasteiger partial charge in [0.1, 0.15) is 0 Å². The van der Waals surface area contributed by atoms with Crippen LogP contribution in [0.25, 0.3) is 0 Å². The van der Waals surface area contributed by atoms with Crippen molar-refractivity contribution in [3.63, 3.8) is 0 Å². The third-order valence-corrected chi connectivity index (χ3v) is 2.68. The Kier molecular flexibility index (Phi) is 3.73. The molecule has 6 heteroatoms. The summed E-state index contributed by atoms with van der Waals surface area (Å²) in [5.74, 6) is 0.897. The third kappa shape index (κ3) is 3.23. The zero-order valence-corrected chi connectivity index (χ0v) is 10.7. The van der Waals surface area contributed by atoms with Gasteiger partial charge < -0.3 is 9.47 Å². The fourth-order valence-electron chi connectivity index (χ4n) is 1.82. The predicted molar refractivity (Wildman–Crippen MR) is 61.4 cm³/mol. The minimum Gasteiger partial charge on any atom is -0.353 e. The van der Waals surface area contributed by atoms with Gasteiger partial charge in [0.05, 0.1) is 13.2 Å². The van der Waals surface area contributed by atoms with Crippen molar-refractivity contribution >= 4 is 0 Å². The molecule has 0 spiro atoms. The minimum absolute atomic E-state index is 0.0439. The molecule has 2 rings (SSSR count). The van der Waals surface area contributed by atoms with E-state index in [1.807, 2.05) is 4.68 Å². The van der Waals surface area contributed by atoms with Gasteiger partial charge in [0, 0.05) is 18.4 Å². The molecule has 6 nitrogen and oxygen atoms in total. The summed E-state index contributed by atoms with van der Waals surface area (Å²) in [6, 6.07) is 0. The summed E-state index contributed by atoms with van der Waals surface area (Å²) < 4.78 is 12.8. The van der Waals surface area contributed by atoms with Crippen LogP contribution >= 0.6 is 0 Å². The topological polar surface area (TPSA) is 62.1 Å². The summed E-state index contributed by atoms with van der Waals surface area (Å²) in [7, 11) is 0. The highest BCUT2D eigenvalue weighted by atomic mass is 16.7. The molecule has 17 heavy (non-hydrogen) atoms. The molecule has 0 aromatic carbocycles. The van der Waals surface area contributed by atoms with Crippen LogP contribution in [0, 0.1) is 0 Å². The van der Waals surface area contributed by atoms with Crippen molar-refractivity contribution in [1.82, 2.24) is 20.2 Å². The van der Waals surface area contributed by atoms with E-state index in [0.717, 1.165) is 38.4 Å². The largest absolute Gasteiger partial charge is 0.353 e. The Hall–Kier alpha value is -1.01. The summed E-state index contributed by atoms with van der Waals surface area (Å²) in [5, 5.41) is 11.8. The maximum Gasteiger partial charge on any atom is 0.159 e. The van der Waals surface area contributed by atoms with Crippen LogP contribution in [0.3, 0.4) is 0 Å². The Balaban J connectivity index is 1.92. The molecule has 0 aliphatic carbocycles. The van der Waals surface area contributed by atoms with Gasteiger partial charge in [0.25, 0.3) is 0 Å². The molecule has 0 saturated carbocycles. The Morgan fingerprint density at radius 3 is 2.65 bits per heavy atom. The summed E-state index contributed by atoms with van der Waals surface area (Å²) in [6.45, 7) is 8.59. The standard InChI is InChI=1S/C11H20N4O2/c1-11(2,3)10-12-13-14-15(10)6-5-9-16-7-4-8-17-9/h9H,4-8H2,1-3H3. The van der Waals surface area contributed by atoms with Gasteiger partial charge in [0.2, 0.25) is 0 Å². The molecule has 0 amide bonds. The van der Waals surface area contributed by atoms with E-state index in [-0.39, 0.29) is 11.7 Å². The quantitative estimate of drug-likeness (QED) is 0.792. The second kappa shape index (κ2) is 5.10. The number of aromatic nitrogens is 4. The SMILES string of the molecule is CC(C)(C)c1nnnn1CCC1OCCCO1. The molecule has 0 radical (unpaired) electrons. The second-order valence-corrected chi connectivity index (χ2v) is 5.29. The fraction of sp³-hybridized carbons (Fsp3) is 0.909. The van der Waals surface area contributed by atoms with E-state index in [0.29, 0.717) is 0 Å². The molecule has 1 aromatic heterocycles. The molecule has 1 aliphatic rings. The van der Waals surface area contributed by atoms with Crippen LogP contribution in [0.1, 0.15) is 39.4 Å². The zero-order chi connectivity index (χ0) is 12.3. The molecule has 0 bridgehead atoms. The van der Waals surface area contributed by atoms with Crippen molar-refractivity contribution in [3.05, 3.63) is 5.82 Å². The van der Waals surface area contributed by atoms with Gasteiger partial charge >= 0.3 is 0 Å². The lowest BCUT2D eigenvalue weighted by Gasteiger charge is -2.23. The van der Waals surface area contributed by atoms with E-state index in [2.05, 4.69) is 36.3 Å². The van der Waals surface area contributed by atoms with Crippen molar-refractivity contribution in [2.24, 2.45) is 0 Å². The fourth-order valence-corrected chi connectivity index (χ4v) is 1.82. The number of hydrogen-bond acceptors (Lipinski definition) is 5. The lowest BCUT2D eigenvalue weighted by atomic mass is 9.96. The molecule has 2 heterocycles. The first-order valence-electron chi connectivity index (χ1n) is 6.07. The Labute approximate surface area is 101 Å². The number of nitrogens with zero attached hydrogens (tertiary/aromatic N) is 4. The summed E-state index contributed by atoms with van der Waals surface area (Å²) in [5.41, 5.74) is -0.0439. The highest BCUT2D eigenvalue weighted by molar-refractivity contribution is 4.98. The highest BCUT2D eigenvalue weighted by Crippen LogP contribution is 2.19. The number of rotatable bonds is 3. The Morgan fingerprint density at radius 1 is 1.29 bits per heavy atom. The van der Waals surface area contributed by atoms with Crippen LogP contribution < -0.4 is 0 Å². The van der Waals surface area contributed by atoms with Gasteiger partial charge in [-0.3, -0.25) is 0 Å². The summed E-state index contributed by atoms with van der Waals surface area (Å²) in [4.78, 5) is 0. The van der Waals surface area contributed by atoms with Crippen molar-refractivity contribution in [3.8, 4) is 0 Å². The second-order valence-electron chi connectivity index (χ2n) is 5.29. The lowest BCUT2D eigenvalue weighted by molar-refractivity contribution is -0.182. The van der Waals surface area contributed by atoms with E-state index in [9.17, 15) is 0 Å². The van der Waals surface area contributed by atoms with Gasteiger partial charge in [-0.15, -0.1) is 5.10 Å². The van der Waals surface area contributed by atoms with Crippen molar-refractivity contribution in [1.29, 1.82) is 0 Å². The number of ether oxygens (including phenoxy) is 2. The zero-order valence-electron chi connectivity index (χ0n) is 10.7. The number of tetrazole rings is 1. The average Bonchev–Trinajstić information content (AvgIpc) is 2.75. The lowest BCUT2D eigenvalue weighted by Crippen LogP contribution is -2.27. The molecular weight excluding hydrogens is 220 g/mol. The normalized spacial score (nSPS) is 18.5. The Bertz CT molecular complexity index is 353. The van der Waals surface area contributed by atoms with E-state index in [4.69, 9.17) is 9.47 Å². The summed E-state index contributed by atoms with van der Waals surface area (Å²) >= 11 is 0. The molecule has 0 N–H and O–H groups in total. The van der Waals surface area contributed by atoms with E-state index in [1.165, 1.54) is 0 Å². The smallest absolute Gasteiger partial charge is 0.159 e. The third-order valence-electron chi connectivity index (χ3n) is 2.68. The maximum atomic E-state index is 5.50. The summed E-state index contributed by atoms with van der Waals surface area (Å²) in [6.07, 6.45) is 1.66. The molecule has 96 valence electrons. The molecular formula is C11H20N4O2. The average molecular weight is 240 g/mol. The van der Waals surface area contributed by atoms with Gasteiger partial charge in [-0.05, 0) is 16.8 Å². The van der Waals surface area contributed by atoms with Crippen molar-refractivity contribution in [2.45, 2.75) is 51.9 Å². The maximum absolute atomic E-state index is 5.50. The van der Waals surface area contributed by atoms with Gasteiger partial charge in [-0.1, -0.05) is 20.8 Å². The van der Waals surface area contributed by atoms with Crippen LogP contribution in [-0.4, -0.2) is 39.7 Å². The molecule has 1 fully saturated rings. The monoisotopic (exact) mass is 240 g/mol. The first-order valence-corrected chi connectivity index (χ1v) is 6.07. The first-order chi connectivity index (χ1) is 8.07. The highest BCUT2D eigenvalue weighted by Gasteiger charge is 2.23. The van der Waals surface area contributed by atoms with Crippen LogP contribution in [0.4, 0.5) is 0 Å². The first kappa shape index (κ1) is 12.4. The molecule has 1 aliphatic heterocycles. The minimum atomic E-state index is -0.110. The molecule has 0 unspecified atom stereocenters. The van der Waals surface area contributed by atoms with Crippen LogP contribution in [0.15, 0.2) is 0 Å². The molecule has 0 atom stereocenters. The van der Waals surface area contributed by atoms with Gasteiger partial charge in [0.15, 0.2) is 12.1 Å². The van der Waals surface area contributed by atoms with E-state index >= 15 is 0 Å². The van der Waals surface area contributed by atoms with Crippen molar-refractivity contribution in [2.75, 3.05) is 13.2 Å². The molecule has 1 saturated heterocycles. The van der Waals surface area contributed by atoms with Crippen molar-refractivity contribution < 1.29 is 9.47 Å². The number of aryl methyl sites for hydroxylation is 1. The van der Waals surface area contributed by atoms with Gasteiger partial charge in [-0.25, -0.2) is 4.68 Å². The van der Waals surface area contributed by atoms with Gasteiger partial charge in [-0.2, -0.15) is 0 Å². The van der Waals surface area contributed by atoms with E-state index in [1.54, 1.807) is 0 Å². The van der Waals surface area contributed by atoms with Crippen LogP contribution in [-0.2, 0) is 21.4 Å². The molecule has 1 aromatic rings.